The van der Waals surface area contributed by atoms with Crippen molar-refractivity contribution < 1.29 is 9.90 Å². The van der Waals surface area contributed by atoms with Gasteiger partial charge in [0.1, 0.15) is 11.6 Å². The van der Waals surface area contributed by atoms with Gasteiger partial charge in [0.25, 0.3) is 0 Å². The Kier molecular flexibility index (Phi) is 5.34. The molecule has 0 unspecified atom stereocenters. The molecule has 1 aromatic heterocycles. The molecule has 0 aliphatic rings. The van der Waals surface area contributed by atoms with Crippen LogP contribution in [0.15, 0.2) is 42.0 Å². The molecule has 0 fully saturated rings. The van der Waals surface area contributed by atoms with Crippen LogP contribution in [0.5, 0.6) is 0 Å². The van der Waals surface area contributed by atoms with Gasteiger partial charge in [0.05, 0.1) is 0 Å². The van der Waals surface area contributed by atoms with Crippen molar-refractivity contribution in [2.75, 3.05) is 19.0 Å². The van der Waals surface area contributed by atoms with Crippen LogP contribution < -0.4 is 4.90 Å². The second-order valence-electron chi connectivity index (χ2n) is 5.03. The predicted octanol–water partition coefficient (Wildman–Crippen LogP) is 3.98. The standard InChI is InChI=1S/C18H16N2O2S/c1-20(2)15-6-3-13(4-7-15)5-8-16-9-10-17(23-16)11-14(12-19)18(21)22/h3-11H,1-2H3,(H,21,22)/b8-5+,14-11+. The van der Waals surface area contributed by atoms with E-state index in [1.165, 1.54) is 17.4 Å². The van der Waals surface area contributed by atoms with Gasteiger partial charge in [-0.3, -0.25) is 0 Å². The second-order valence-corrected chi connectivity index (χ2v) is 6.18. The van der Waals surface area contributed by atoms with Gasteiger partial charge in [-0.2, -0.15) is 5.26 Å². The van der Waals surface area contributed by atoms with E-state index in [0.717, 1.165) is 21.0 Å². The Morgan fingerprint density at radius 2 is 1.78 bits per heavy atom. The van der Waals surface area contributed by atoms with Crippen molar-refractivity contribution in [3.8, 4) is 6.07 Å². The molecule has 23 heavy (non-hydrogen) atoms. The van der Waals surface area contributed by atoms with Crippen molar-refractivity contribution in [1.29, 1.82) is 5.26 Å². The Balaban J connectivity index is 2.12. The molecule has 4 nitrogen and oxygen atoms in total. The lowest BCUT2D eigenvalue weighted by Gasteiger charge is -2.11. The molecule has 0 saturated carbocycles. The van der Waals surface area contributed by atoms with Crippen LogP contribution in [0.25, 0.3) is 18.2 Å². The largest absolute Gasteiger partial charge is 0.477 e. The third-order valence-corrected chi connectivity index (χ3v) is 4.13. The van der Waals surface area contributed by atoms with E-state index < -0.39 is 5.97 Å². The van der Waals surface area contributed by atoms with Crippen LogP contribution in [0, 0.1) is 11.3 Å². The maximum Gasteiger partial charge on any atom is 0.346 e. The third kappa shape index (κ3) is 4.56. The summed E-state index contributed by atoms with van der Waals surface area (Å²) in [4.78, 5) is 14.6. The van der Waals surface area contributed by atoms with Crippen LogP contribution in [0.2, 0.25) is 0 Å². The zero-order chi connectivity index (χ0) is 16.8. The zero-order valence-electron chi connectivity index (χ0n) is 12.9. The molecule has 116 valence electrons. The molecule has 2 aromatic rings. The number of nitrogens with zero attached hydrogens (tertiary/aromatic N) is 2. The number of rotatable bonds is 5. The Morgan fingerprint density at radius 3 is 2.35 bits per heavy atom. The summed E-state index contributed by atoms with van der Waals surface area (Å²) in [5, 5.41) is 17.6. The Bertz CT molecular complexity index is 793. The molecule has 0 atom stereocenters. The molecular weight excluding hydrogens is 308 g/mol. The van der Waals surface area contributed by atoms with Gasteiger partial charge in [0.2, 0.25) is 0 Å². The Labute approximate surface area is 139 Å². The number of thiophene rings is 1. The first-order valence-electron chi connectivity index (χ1n) is 6.90. The number of anilines is 1. The Hall–Kier alpha value is -2.84. The average Bonchev–Trinajstić information content (AvgIpc) is 2.98. The summed E-state index contributed by atoms with van der Waals surface area (Å²) >= 11 is 1.44. The molecular formula is C18H16N2O2S. The zero-order valence-corrected chi connectivity index (χ0v) is 13.7. The van der Waals surface area contributed by atoms with E-state index in [-0.39, 0.29) is 5.57 Å². The average molecular weight is 324 g/mol. The van der Waals surface area contributed by atoms with E-state index in [1.807, 2.05) is 61.5 Å². The van der Waals surface area contributed by atoms with Crippen LogP contribution >= 0.6 is 11.3 Å². The van der Waals surface area contributed by atoms with E-state index in [1.54, 1.807) is 12.1 Å². The smallest absolute Gasteiger partial charge is 0.346 e. The molecule has 1 heterocycles. The number of carbonyl (C=O) groups is 1. The second kappa shape index (κ2) is 7.43. The molecule has 0 bridgehead atoms. The molecule has 2 rings (SSSR count). The quantitative estimate of drug-likeness (QED) is 0.667. The Morgan fingerprint density at radius 1 is 1.13 bits per heavy atom. The number of hydrogen-bond acceptors (Lipinski definition) is 4. The summed E-state index contributed by atoms with van der Waals surface area (Å²) in [5.74, 6) is -1.21. The van der Waals surface area contributed by atoms with Crippen LogP contribution in [0.4, 0.5) is 5.69 Å². The SMILES string of the molecule is CN(C)c1ccc(/C=C/c2ccc(/C=C(\C#N)C(=O)O)s2)cc1. The lowest BCUT2D eigenvalue weighted by molar-refractivity contribution is -0.132. The fourth-order valence-corrected chi connectivity index (χ4v) is 2.74. The molecule has 0 amide bonds. The highest BCUT2D eigenvalue weighted by atomic mass is 32.1. The molecule has 1 aromatic carbocycles. The van der Waals surface area contributed by atoms with Gasteiger partial charge >= 0.3 is 5.97 Å². The normalized spacial score (nSPS) is 11.4. The maximum absolute atomic E-state index is 10.8. The number of carboxylic acid groups (broad SMARTS) is 1. The van der Waals surface area contributed by atoms with Crippen LogP contribution in [0.1, 0.15) is 15.3 Å². The number of benzene rings is 1. The molecule has 0 saturated heterocycles. The van der Waals surface area contributed by atoms with Gasteiger partial charge in [-0.25, -0.2) is 4.79 Å². The lowest BCUT2D eigenvalue weighted by atomic mass is 10.2. The summed E-state index contributed by atoms with van der Waals surface area (Å²) in [5.41, 5.74) is 1.97. The molecule has 0 aliphatic heterocycles. The lowest BCUT2D eigenvalue weighted by Crippen LogP contribution is -2.07. The molecule has 1 N–H and O–H groups in total. The van der Waals surface area contributed by atoms with E-state index in [2.05, 4.69) is 0 Å². The van der Waals surface area contributed by atoms with Crippen LogP contribution in [-0.2, 0) is 4.79 Å². The van der Waals surface area contributed by atoms with Gasteiger partial charge in [-0.15, -0.1) is 11.3 Å². The highest BCUT2D eigenvalue weighted by Crippen LogP contribution is 2.22. The highest BCUT2D eigenvalue weighted by Gasteiger charge is 2.06. The van der Waals surface area contributed by atoms with E-state index >= 15 is 0 Å². The topological polar surface area (TPSA) is 64.3 Å². The minimum Gasteiger partial charge on any atom is -0.477 e. The maximum atomic E-state index is 10.8. The predicted molar refractivity (Wildman–Crippen MR) is 95.2 cm³/mol. The van der Waals surface area contributed by atoms with E-state index in [4.69, 9.17) is 10.4 Å². The minimum atomic E-state index is -1.21. The van der Waals surface area contributed by atoms with Gasteiger partial charge in [-0.05, 0) is 42.0 Å². The minimum absolute atomic E-state index is 0.262. The fraction of sp³-hybridized carbons (Fsp3) is 0.111. The monoisotopic (exact) mass is 324 g/mol. The van der Waals surface area contributed by atoms with Crippen LogP contribution in [0.3, 0.4) is 0 Å². The third-order valence-electron chi connectivity index (χ3n) is 3.13. The fourth-order valence-electron chi connectivity index (χ4n) is 1.88. The van der Waals surface area contributed by atoms with Crippen molar-refractivity contribution in [3.05, 3.63) is 57.3 Å². The van der Waals surface area contributed by atoms with Crippen molar-refractivity contribution >= 4 is 41.2 Å². The first-order chi connectivity index (χ1) is 11.0. The summed E-state index contributed by atoms with van der Waals surface area (Å²) in [6, 6.07) is 13.6. The van der Waals surface area contributed by atoms with Crippen molar-refractivity contribution in [1.82, 2.24) is 0 Å². The summed E-state index contributed by atoms with van der Waals surface area (Å²) < 4.78 is 0. The van der Waals surface area contributed by atoms with Gasteiger partial charge < -0.3 is 10.0 Å². The van der Waals surface area contributed by atoms with Gasteiger partial charge in [-0.1, -0.05) is 18.2 Å². The first kappa shape index (κ1) is 16.5. The highest BCUT2D eigenvalue weighted by molar-refractivity contribution is 7.13. The molecule has 0 radical (unpaired) electrons. The first-order valence-corrected chi connectivity index (χ1v) is 7.71. The van der Waals surface area contributed by atoms with Crippen molar-refractivity contribution in [2.24, 2.45) is 0 Å². The van der Waals surface area contributed by atoms with Gasteiger partial charge in [0.15, 0.2) is 0 Å². The van der Waals surface area contributed by atoms with E-state index in [0.29, 0.717) is 0 Å². The molecule has 5 heteroatoms. The van der Waals surface area contributed by atoms with Crippen molar-refractivity contribution in [2.45, 2.75) is 0 Å². The number of aliphatic carboxylic acids is 1. The molecule has 0 aliphatic carbocycles. The number of hydrogen-bond donors (Lipinski definition) is 1. The summed E-state index contributed by atoms with van der Waals surface area (Å²) in [6.07, 6.45) is 5.36. The van der Waals surface area contributed by atoms with E-state index in [9.17, 15) is 4.79 Å². The number of nitriles is 1. The number of carboxylic acids is 1. The summed E-state index contributed by atoms with van der Waals surface area (Å²) in [7, 11) is 4.00. The molecule has 0 spiro atoms. The van der Waals surface area contributed by atoms with Crippen molar-refractivity contribution in [3.63, 3.8) is 0 Å². The van der Waals surface area contributed by atoms with Gasteiger partial charge in [0, 0.05) is 29.5 Å². The summed E-state index contributed by atoms with van der Waals surface area (Å²) in [6.45, 7) is 0. The van der Waals surface area contributed by atoms with Crippen LogP contribution in [-0.4, -0.2) is 25.2 Å².